The molecule has 0 aromatic heterocycles. The first-order valence-electron chi connectivity index (χ1n) is 5.56. The average Bonchev–Trinajstić information content (AvgIpc) is 3.06. The molecule has 1 saturated carbocycles. The van der Waals surface area contributed by atoms with Gasteiger partial charge < -0.3 is 9.84 Å². The molecule has 0 heterocycles. The van der Waals surface area contributed by atoms with E-state index in [1.165, 1.54) is 6.07 Å². The van der Waals surface area contributed by atoms with Gasteiger partial charge in [-0.25, -0.2) is 4.39 Å². The third-order valence-corrected chi connectivity index (χ3v) is 3.27. The van der Waals surface area contributed by atoms with Gasteiger partial charge in [0.1, 0.15) is 11.4 Å². The van der Waals surface area contributed by atoms with Gasteiger partial charge in [-0.15, -0.1) is 0 Å². The van der Waals surface area contributed by atoms with Crippen molar-refractivity contribution in [1.82, 2.24) is 0 Å². The lowest BCUT2D eigenvalue weighted by atomic mass is 9.88. The van der Waals surface area contributed by atoms with E-state index in [9.17, 15) is 9.50 Å². The van der Waals surface area contributed by atoms with Crippen LogP contribution in [0.5, 0.6) is 0 Å². The highest BCUT2D eigenvalue weighted by atomic mass is 19.1. The van der Waals surface area contributed by atoms with Crippen LogP contribution in [0.3, 0.4) is 0 Å². The highest BCUT2D eigenvalue weighted by Crippen LogP contribution is 2.46. The van der Waals surface area contributed by atoms with Gasteiger partial charge in [-0.1, -0.05) is 12.1 Å². The standard InChI is InChI=1S/C13H17FO2/c1-9-7-11(5-6-12(9)14)13(15,8-16-2)10-3-4-10/h5-7,10,15H,3-4,8H2,1-2H3. The van der Waals surface area contributed by atoms with E-state index in [4.69, 9.17) is 4.74 Å². The number of rotatable bonds is 4. The summed E-state index contributed by atoms with van der Waals surface area (Å²) in [6, 6.07) is 4.78. The Morgan fingerprint density at radius 1 is 1.50 bits per heavy atom. The van der Waals surface area contributed by atoms with Crippen molar-refractivity contribution in [3.05, 3.63) is 35.1 Å². The van der Waals surface area contributed by atoms with Crippen molar-refractivity contribution in [2.24, 2.45) is 5.92 Å². The Labute approximate surface area is 95.1 Å². The number of halogens is 1. The number of hydrogen-bond donors (Lipinski definition) is 1. The largest absolute Gasteiger partial charge is 0.382 e. The summed E-state index contributed by atoms with van der Waals surface area (Å²) in [6.45, 7) is 1.97. The topological polar surface area (TPSA) is 29.5 Å². The molecule has 1 N–H and O–H groups in total. The van der Waals surface area contributed by atoms with Crippen LogP contribution in [-0.2, 0) is 10.3 Å². The van der Waals surface area contributed by atoms with Crippen molar-refractivity contribution in [1.29, 1.82) is 0 Å². The van der Waals surface area contributed by atoms with Crippen LogP contribution < -0.4 is 0 Å². The van der Waals surface area contributed by atoms with Gasteiger partial charge >= 0.3 is 0 Å². The Bertz CT molecular complexity index is 388. The smallest absolute Gasteiger partial charge is 0.126 e. The summed E-state index contributed by atoms with van der Waals surface area (Å²) < 4.78 is 18.3. The van der Waals surface area contributed by atoms with Crippen LogP contribution in [0.1, 0.15) is 24.0 Å². The summed E-state index contributed by atoms with van der Waals surface area (Å²) in [4.78, 5) is 0. The quantitative estimate of drug-likeness (QED) is 0.850. The minimum Gasteiger partial charge on any atom is -0.382 e. The number of aliphatic hydroxyl groups is 1. The lowest BCUT2D eigenvalue weighted by molar-refractivity contribution is -0.0533. The van der Waals surface area contributed by atoms with Crippen LogP contribution >= 0.6 is 0 Å². The third kappa shape index (κ3) is 1.97. The number of benzene rings is 1. The van der Waals surface area contributed by atoms with Gasteiger partial charge in [0.2, 0.25) is 0 Å². The SMILES string of the molecule is COCC(O)(c1ccc(F)c(C)c1)C1CC1. The van der Waals surface area contributed by atoms with Crippen molar-refractivity contribution >= 4 is 0 Å². The fourth-order valence-corrected chi connectivity index (χ4v) is 2.13. The van der Waals surface area contributed by atoms with Gasteiger partial charge in [-0.2, -0.15) is 0 Å². The molecule has 16 heavy (non-hydrogen) atoms. The second kappa shape index (κ2) is 4.15. The molecular formula is C13H17FO2. The summed E-state index contributed by atoms with van der Waals surface area (Å²) in [5, 5.41) is 10.6. The molecule has 1 fully saturated rings. The van der Waals surface area contributed by atoms with E-state index in [0.29, 0.717) is 5.56 Å². The minimum absolute atomic E-state index is 0.237. The van der Waals surface area contributed by atoms with E-state index < -0.39 is 5.60 Å². The molecule has 3 heteroatoms. The molecule has 1 aliphatic rings. The van der Waals surface area contributed by atoms with Crippen LogP contribution in [0.15, 0.2) is 18.2 Å². The van der Waals surface area contributed by atoms with E-state index >= 15 is 0 Å². The summed E-state index contributed by atoms with van der Waals surface area (Å²) >= 11 is 0. The predicted octanol–water partition coefficient (Wildman–Crippen LogP) is 2.38. The van der Waals surface area contributed by atoms with Crippen molar-refractivity contribution < 1.29 is 14.2 Å². The molecule has 0 radical (unpaired) electrons. The molecule has 0 aliphatic heterocycles. The minimum atomic E-state index is -0.951. The normalized spacial score (nSPS) is 19.5. The zero-order chi connectivity index (χ0) is 11.8. The molecule has 1 unspecified atom stereocenters. The zero-order valence-corrected chi connectivity index (χ0v) is 9.66. The molecule has 2 nitrogen and oxygen atoms in total. The number of hydrogen-bond acceptors (Lipinski definition) is 2. The van der Waals surface area contributed by atoms with Crippen LogP contribution in [-0.4, -0.2) is 18.8 Å². The van der Waals surface area contributed by atoms with Crippen LogP contribution in [0.4, 0.5) is 4.39 Å². The molecule has 0 bridgehead atoms. The van der Waals surface area contributed by atoms with Crippen LogP contribution in [0.25, 0.3) is 0 Å². The molecule has 1 aromatic rings. The maximum absolute atomic E-state index is 13.2. The van der Waals surface area contributed by atoms with Crippen molar-refractivity contribution in [3.63, 3.8) is 0 Å². The van der Waals surface area contributed by atoms with E-state index in [1.54, 1.807) is 26.2 Å². The first-order valence-corrected chi connectivity index (χ1v) is 5.56. The lowest BCUT2D eigenvalue weighted by Crippen LogP contribution is -2.33. The first-order chi connectivity index (χ1) is 7.58. The second-order valence-corrected chi connectivity index (χ2v) is 4.60. The Morgan fingerprint density at radius 2 is 2.19 bits per heavy atom. The van der Waals surface area contributed by atoms with Crippen LogP contribution in [0, 0.1) is 18.7 Å². The Morgan fingerprint density at radius 3 is 2.69 bits per heavy atom. The number of aryl methyl sites for hydroxylation is 1. The van der Waals surface area contributed by atoms with Gasteiger partial charge in [-0.3, -0.25) is 0 Å². The van der Waals surface area contributed by atoms with Gasteiger partial charge in [0.25, 0.3) is 0 Å². The maximum atomic E-state index is 13.2. The summed E-state index contributed by atoms with van der Waals surface area (Å²) in [7, 11) is 1.57. The second-order valence-electron chi connectivity index (χ2n) is 4.60. The molecular weight excluding hydrogens is 207 g/mol. The lowest BCUT2D eigenvalue weighted by Gasteiger charge is -2.28. The van der Waals surface area contributed by atoms with Crippen molar-refractivity contribution in [2.45, 2.75) is 25.4 Å². The molecule has 0 spiro atoms. The molecule has 0 amide bonds. The number of methoxy groups -OCH3 is 1. The van der Waals surface area contributed by atoms with Crippen LogP contribution in [0.2, 0.25) is 0 Å². The highest BCUT2D eigenvalue weighted by Gasteiger charge is 2.45. The fraction of sp³-hybridized carbons (Fsp3) is 0.538. The highest BCUT2D eigenvalue weighted by molar-refractivity contribution is 5.30. The molecule has 1 aliphatic carbocycles. The summed E-state index contributed by atoms with van der Waals surface area (Å²) in [6.07, 6.45) is 2.02. The summed E-state index contributed by atoms with van der Waals surface area (Å²) in [5.41, 5.74) is 0.371. The average molecular weight is 224 g/mol. The molecule has 2 rings (SSSR count). The van der Waals surface area contributed by atoms with Gasteiger partial charge in [0, 0.05) is 7.11 Å². The van der Waals surface area contributed by atoms with E-state index in [1.807, 2.05) is 0 Å². The number of ether oxygens (including phenoxy) is 1. The fourth-order valence-electron chi connectivity index (χ4n) is 2.13. The molecule has 1 atom stereocenters. The predicted molar refractivity (Wildman–Crippen MR) is 59.6 cm³/mol. The van der Waals surface area contributed by atoms with E-state index in [0.717, 1.165) is 18.4 Å². The molecule has 0 saturated heterocycles. The monoisotopic (exact) mass is 224 g/mol. The molecule has 1 aromatic carbocycles. The van der Waals surface area contributed by atoms with Gasteiger partial charge in [0.05, 0.1) is 6.61 Å². The first kappa shape index (κ1) is 11.6. The zero-order valence-electron chi connectivity index (χ0n) is 9.66. The van der Waals surface area contributed by atoms with Crippen molar-refractivity contribution in [3.8, 4) is 0 Å². The third-order valence-electron chi connectivity index (χ3n) is 3.27. The Balaban J connectivity index is 2.34. The van der Waals surface area contributed by atoms with Crippen molar-refractivity contribution in [2.75, 3.05) is 13.7 Å². The Kier molecular flexibility index (Phi) is 3.00. The van der Waals surface area contributed by atoms with E-state index in [-0.39, 0.29) is 18.3 Å². The summed E-state index contributed by atoms with van der Waals surface area (Å²) in [5.74, 6) is 0.0108. The maximum Gasteiger partial charge on any atom is 0.126 e. The van der Waals surface area contributed by atoms with Gasteiger partial charge in [-0.05, 0) is 42.9 Å². The van der Waals surface area contributed by atoms with Gasteiger partial charge in [0.15, 0.2) is 0 Å². The Hall–Kier alpha value is -0.930. The van der Waals surface area contributed by atoms with E-state index in [2.05, 4.69) is 0 Å². The molecule has 88 valence electrons.